The van der Waals surface area contributed by atoms with E-state index in [1.165, 1.54) is 0 Å². The largest absolute Gasteiger partial charge is 0.438 e. The Hall–Kier alpha value is -2.69. The van der Waals surface area contributed by atoms with Crippen molar-refractivity contribution >= 4 is 11.7 Å². The minimum Gasteiger partial charge on any atom is -0.438 e. The van der Waals surface area contributed by atoms with E-state index in [0.29, 0.717) is 22.8 Å². The molecule has 1 aliphatic rings. The number of ether oxygens (including phenoxy) is 1. The molecule has 0 spiro atoms. The molecule has 0 radical (unpaired) electrons. The molecule has 1 aromatic carbocycles. The van der Waals surface area contributed by atoms with Crippen molar-refractivity contribution in [1.29, 1.82) is 0 Å². The van der Waals surface area contributed by atoms with Gasteiger partial charge in [-0.25, -0.2) is 4.98 Å². The molecule has 1 amide bonds. The third kappa shape index (κ3) is 2.38. The minimum absolute atomic E-state index is 0.0599. The maximum absolute atomic E-state index is 12.4. The smallest absolute Gasteiger partial charge is 0.224 e. The van der Waals surface area contributed by atoms with Crippen molar-refractivity contribution in [2.45, 2.75) is 19.3 Å². The number of Topliss-reactive ketones (excluding diaryl/α,β-unsaturated/α-hetero) is 1. The molecule has 0 saturated heterocycles. The molecular formula is C16H14N2O3. The Bertz CT molecular complexity index is 740. The first-order valence-electron chi connectivity index (χ1n) is 6.64. The number of amides is 1. The zero-order valence-corrected chi connectivity index (χ0v) is 11.5. The molecule has 21 heavy (non-hydrogen) atoms. The van der Waals surface area contributed by atoms with E-state index in [9.17, 15) is 9.59 Å². The van der Waals surface area contributed by atoms with Crippen molar-refractivity contribution in [3.05, 3.63) is 53.2 Å². The number of nitrogens with zero attached hydrogens (tertiary/aromatic N) is 1. The Balaban J connectivity index is 2.06. The predicted molar refractivity (Wildman–Crippen MR) is 76.4 cm³/mol. The molecule has 2 aromatic rings. The SMILES string of the molecule is CC(C(N)=O)c1ccc2c(c1)C(=O)Cc1cccnc1O2. The molecule has 0 saturated carbocycles. The Kier molecular flexibility index (Phi) is 3.17. The summed E-state index contributed by atoms with van der Waals surface area (Å²) in [6.07, 6.45) is 1.85. The van der Waals surface area contributed by atoms with Gasteiger partial charge in [0.25, 0.3) is 0 Å². The summed E-state index contributed by atoms with van der Waals surface area (Å²) in [7, 11) is 0. The summed E-state index contributed by atoms with van der Waals surface area (Å²) in [6.45, 7) is 1.71. The number of primary amides is 1. The summed E-state index contributed by atoms with van der Waals surface area (Å²) in [4.78, 5) is 27.8. The highest BCUT2D eigenvalue weighted by molar-refractivity contribution is 6.01. The number of nitrogens with two attached hydrogens (primary N) is 1. The van der Waals surface area contributed by atoms with Gasteiger partial charge in [-0.15, -0.1) is 0 Å². The molecule has 106 valence electrons. The minimum atomic E-state index is -0.452. The lowest BCUT2D eigenvalue weighted by atomic mass is 9.95. The van der Waals surface area contributed by atoms with Crippen LogP contribution in [0.2, 0.25) is 0 Å². The number of carbonyl (C=O) groups is 2. The lowest BCUT2D eigenvalue weighted by Gasteiger charge is -2.11. The first-order chi connectivity index (χ1) is 10.1. The van der Waals surface area contributed by atoms with Gasteiger partial charge in [0.2, 0.25) is 11.8 Å². The zero-order chi connectivity index (χ0) is 15.0. The van der Waals surface area contributed by atoms with Crippen LogP contribution < -0.4 is 10.5 Å². The molecule has 2 heterocycles. The third-order valence-electron chi connectivity index (χ3n) is 3.64. The number of fused-ring (bicyclic) bond motifs is 2. The van der Waals surface area contributed by atoms with E-state index < -0.39 is 11.8 Å². The van der Waals surface area contributed by atoms with Crippen molar-refractivity contribution in [2.24, 2.45) is 5.73 Å². The van der Waals surface area contributed by atoms with Crippen LogP contribution in [0.1, 0.15) is 34.3 Å². The Morgan fingerprint density at radius 3 is 2.95 bits per heavy atom. The van der Waals surface area contributed by atoms with Crippen LogP contribution in [-0.4, -0.2) is 16.7 Å². The average Bonchev–Trinajstić information content (AvgIpc) is 2.62. The summed E-state index contributed by atoms with van der Waals surface area (Å²) < 4.78 is 5.72. The highest BCUT2D eigenvalue weighted by atomic mass is 16.5. The molecule has 0 bridgehead atoms. The highest BCUT2D eigenvalue weighted by Gasteiger charge is 2.23. The number of ketones is 1. The number of rotatable bonds is 2. The molecule has 3 rings (SSSR count). The van der Waals surface area contributed by atoms with Crippen molar-refractivity contribution in [3.63, 3.8) is 0 Å². The molecule has 2 N–H and O–H groups in total. The number of hydrogen-bond donors (Lipinski definition) is 1. The van der Waals surface area contributed by atoms with Gasteiger partial charge in [0.1, 0.15) is 5.75 Å². The van der Waals surface area contributed by atoms with Crippen LogP contribution >= 0.6 is 0 Å². The molecule has 5 nitrogen and oxygen atoms in total. The fourth-order valence-corrected chi connectivity index (χ4v) is 2.31. The molecular weight excluding hydrogens is 268 g/mol. The van der Waals surface area contributed by atoms with Gasteiger partial charge in [-0.3, -0.25) is 9.59 Å². The van der Waals surface area contributed by atoms with E-state index in [1.807, 2.05) is 6.07 Å². The second kappa shape index (κ2) is 5.01. The molecule has 1 unspecified atom stereocenters. The van der Waals surface area contributed by atoms with Crippen molar-refractivity contribution in [1.82, 2.24) is 4.98 Å². The predicted octanol–water partition coefficient (Wildman–Crippen LogP) is 2.20. The van der Waals surface area contributed by atoms with Crippen LogP contribution in [0.5, 0.6) is 11.6 Å². The van der Waals surface area contributed by atoms with Crippen LogP contribution in [0.25, 0.3) is 0 Å². The molecule has 0 fully saturated rings. The van der Waals surface area contributed by atoms with E-state index >= 15 is 0 Å². The number of benzene rings is 1. The lowest BCUT2D eigenvalue weighted by Crippen LogP contribution is -2.19. The Labute approximate surface area is 121 Å². The normalized spacial score (nSPS) is 14.4. The van der Waals surface area contributed by atoms with Crippen molar-refractivity contribution < 1.29 is 14.3 Å². The van der Waals surface area contributed by atoms with Gasteiger partial charge in [0.05, 0.1) is 11.5 Å². The summed E-state index contributed by atoms with van der Waals surface area (Å²) in [5, 5.41) is 0. The highest BCUT2D eigenvalue weighted by Crippen LogP contribution is 2.33. The van der Waals surface area contributed by atoms with Crippen LogP contribution in [0, 0.1) is 0 Å². The average molecular weight is 282 g/mol. The molecule has 1 aromatic heterocycles. The maximum atomic E-state index is 12.4. The number of carbonyl (C=O) groups excluding carboxylic acids is 2. The van der Waals surface area contributed by atoms with E-state index in [4.69, 9.17) is 10.5 Å². The quantitative estimate of drug-likeness (QED) is 0.915. The first kappa shape index (κ1) is 13.3. The van der Waals surface area contributed by atoms with Gasteiger partial charge < -0.3 is 10.5 Å². The fourth-order valence-electron chi connectivity index (χ4n) is 2.31. The van der Waals surface area contributed by atoms with E-state index in [-0.39, 0.29) is 12.2 Å². The number of hydrogen-bond acceptors (Lipinski definition) is 4. The second-order valence-corrected chi connectivity index (χ2v) is 5.05. The Morgan fingerprint density at radius 1 is 1.38 bits per heavy atom. The van der Waals surface area contributed by atoms with Crippen LogP contribution in [0.3, 0.4) is 0 Å². The van der Waals surface area contributed by atoms with Gasteiger partial charge in [-0.1, -0.05) is 12.1 Å². The van der Waals surface area contributed by atoms with Gasteiger partial charge in [0, 0.05) is 18.2 Å². The van der Waals surface area contributed by atoms with Crippen molar-refractivity contribution in [3.8, 4) is 11.6 Å². The number of pyridine rings is 1. The van der Waals surface area contributed by atoms with Crippen LogP contribution in [-0.2, 0) is 11.2 Å². The molecule has 0 aliphatic carbocycles. The standard InChI is InChI=1S/C16H14N2O3/c1-9(15(17)20)10-4-5-14-12(7-10)13(19)8-11-3-2-6-18-16(11)21-14/h2-7,9H,8H2,1H3,(H2,17,20). The molecule has 1 aliphatic heterocycles. The number of aromatic nitrogens is 1. The summed E-state index contributed by atoms with van der Waals surface area (Å²) in [5.41, 5.74) is 7.23. The van der Waals surface area contributed by atoms with Crippen molar-refractivity contribution in [2.75, 3.05) is 0 Å². The van der Waals surface area contributed by atoms with Gasteiger partial charge in [-0.05, 0) is 30.7 Å². The summed E-state index contributed by atoms with van der Waals surface area (Å²) >= 11 is 0. The van der Waals surface area contributed by atoms with E-state index in [0.717, 1.165) is 5.56 Å². The molecule has 1 atom stereocenters. The van der Waals surface area contributed by atoms with E-state index in [2.05, 4.69) is 4.98 Å². The summed E-state index contributed by atoms with van der Waals surface area (Å²) in [6, 6.07) is 8.70. The fraction of sp³-hybridized carbons (Fsp3) is 0.188. The monoisotopic (exact) mass is 282 g/mol. The Morgan fingerprint density at radius 2 is 2.19 bits per heavy atom. The maximum Gasteiger partial charge on any atom is 0.224 e. The second-order valence-electron chi connectivity index (χ2n) is 5.05. The van der Waals surface area contributed by atoms with E-state index in [1.54, 1.807) is 37.4 Å². The van der Waals surface area contributed by atoms with Gasteiger partial charge >= 0.3 is 0 Å². The van der Waals surface area contributed by atoms with Gasteiger partial charge in [0.15, 0.2) is 5.78 Å². The lowest BCUT2D eigenvalue weighted by molar-refractivity contribution is -0.119. The van der Waals surface area contributed by atoms with Crippen LogP contribution in [0.4, 0.5) is 0 Å². The molecule has 5 heteroatoms. The van der Waals surface area contributed by atoms with Gasteiger partial charge in [-0.2, -0.15) is 0 Å². The zero-order valence-electron chi connectivity index (χ0n) is 11.5. The third-order valence-corrected chi connectivity index (χ3v) is 3.64. The topological polar surface area (TPSA) is 82.3 Å². The first-order valence-corrected chi connectivity index (χ1v) is 6.64. The van der Waals surface area contributed by atoms with Crippen LogP contribution in [0.15, 0.2) is 36.5 Å². The summed E-state index contributed by atoms with van der Waals surface area (Å²) in [5.74, 6) is -0.0396.